The maximum Gasteiger partial charge on any atom is 0.258 e. The fourth-order valence-corrected chi connectivity index (χ4v) is 0.940. The zero-order chi connectivity index (χ0) is 9.14. The summed E-state index contributed by atoms with van der Waals surface area (Å²) in [6.45, 7) is 9.05. The molecule has 0 saturated carbocycles. The molecule has 0 saturated heterocycles. The Balaban J connectivity index is 3.48. The predicted molar refractivity (Wildman–Crippen MR) is 49.7 cm³/mol. The molecule has 1 aromatic rings. The van der Waals surface area contributed by atoms with Gasteiger partial charge >= 0.3 is 0 Å². The molecule has 0 spiro atoms. The lowest BCUT2D eigenvalue weighted by molar-refractivity contribution is 1.08. The average molecular weight is 162 g/mol. The zero-order valence-electron chi connectivity index (χ0n) is 6.92. The molecule has 1 heterocycles. The van der Waals surface area contributed by atoms with Crippen molar-refractivity contribution in [1.29, 1.82) is 0 Å². The first-order valence-corrected chi connectivity index (χ1v) is 3.53. The molecule has 1 aromatic heterocycles. The second-order valence-corrected chi connectivity index (χ2v) is 2.48. The summed E-state index contributed by atoms with van der Waals surface area (Å²) < 4.78 is 0. The Bertz CT molecular complexity index is 376. The Hall–Kier alpha value is -1.64. The highest BCUT2D eigenvalue weighted by Gasteiger charge is 2.04. The highest BCUT2D eigenvalue weighted by Crippen LogP contribution is 2.10. The molecule has 0 bridgehead atoms. The minimum absolute atomic E-state index is 0.182. The molecule has 0 fully saturated rings. The first-order chi connectivity index (χ1) is 5.66. The van der Waals surface area contributed by atoms with E-state index >= 15 is 0 Å². The average Bonchev–Trinajstić information content (AvgIpc) is 2.03. The van der Waals surface area contributed by atoms with Gasteiger partial charge in [-0.3, -0.25) is 4.79 Å². The summed E-state index contributed by atoms with van der Waals surface area (Å²) in [5, 5.41) is 0. The van der Waals surface area contributed by atoms with Crippen molar-refractivity contribution in [3.05, 3.63) is 41.1 Å². The number of hydrogen-bond donors (Lipinski definition) is 1. The first-order valence-electron chi connectivity index (χ1n) is 3.53. The van der Waals surface area contributed by atoms with Gasteiger partial charge in [-0.15, -0.1) is 0 Å². The summed E-state index contributed by atoms with van der Waals surface area (Å²) in [6, 6.07) is 0. The van der Waals surface area contributed by atoms with Gasteiger partial charge in [0.2, 0.25) is 0 Å². The van der Waals surface area contributed by atoms with Crippen LogP contribution in [-0.4, -0.2) is 9.97 Å². The van der Waals surface area contributed by atoms with Crippen molar-refractivity contribution in [3.63, 3.8) is 0 Å². The molecule has 0 radical (unpaired) electrons. The number of rotatable bonds is 2. The quantitative estimate of drug-likeness (QED) is 0.715. The summed E-state index contributed by atoms with van der Waals surface area (Å²) in [5.41, 5.74) is 1.66. The molecule has 0 aliphatic rings. The first kappa shape index (κ1) is 8.46. The van der Waals surface area contributed by atoms with E-state index in [1.165, 1.54) is 12.4 Å². The molecule has 0 aliphatic heterocycles. The number of aromatic amines is 1. The van der Waals surface area contributed by atoms with E-state index in [2.05, 4.69) is 23.1 Å². The third kappa shape index (κ3) is 1.34. The van der Waals surface area contributed by atoms with E-state index in [4.69, 9.17) is 0 Å². The second kappa shape index (κ2) is 3.17. The summed E-state index contributed by atoms with van der Waals surface area (Å²) in [6.07, 6.45) is 2.84. The monoisotopic (exact) mass is 162 g/mol. The zero-order valence-corrected chi connectivity index (χ0v) is 6.92. The lowest BCUT2D eigenvalue weighted by Gasteiger charge is -2.00. The minimum Gasteiger partial charge on any atom is -0.313 e. The normalized spacial score (nSPS) is 9.42. The van der Waals surface area contributed by atoms with Crippen molar-refractivity contribution in [3.8, 4) is 0 Å². The lowest BCUT2D eigenvalue weighted by atomic mass is 10.1. The maximum atomic E-state index is 11.2. The highest BCUT2D eigenvalue weighted by molar-refractivity contribution is 5.67. The Labute approximate surface area is 70.5 Å². The predicted octanol–water partition coefficient (Wildman–Crippen LogP) is 1.45. The van der Waals surface area contributed by atoms with Crippen LogP contribution < -0.4 is 5.56 Å². The van der Waals surface area contributed by atoms with Crippen molar-refractivity contribution in [2.75, 3.05) is 0 Å². The molecule has 0 aliphatic carbocycles. The van der Waals surface area contributed by atoms with Gasteiger partial charge in [-0.05, 0) is 12.5 Å². The molecular weight excluding hydrogens is 152 g/mol. The van der Waals surface area contributed by atoms with Gasteiger partial charge in [-0.25, -0.2) is 4.98 Å². The van der Waals surface area contributed by atoms with Crippen LogP contribution in [-0.2, 0) is 0 Å². The van der Waals surface area contributed by atoms with Crippen molar-refractivity contribution in [1.82, 2.24) is 9.97 Å². The van der Waals surface area contributed by atoms with Crippen LogP contribution in [0.3, 0.4) is 0 Å². The van der Waals surface area contributed by atoms with Crippen molar-refractivity contribution >= 4 is 11.6 Å². The Morgan fingerprint density at radius 3 is 2.83 bits per heavy atom. The number of H-pyrrole nitrogens is 1. The van der Waals surface area contributed by atoms with Crippen LogP contribution in [0.4, 0.5) is 0 Å². The molecule has 0 amide bonds. The van der Waals surface area contributed by atoms with Crippen LogP contribution in [0.25, 0.3) is 11.6 Å². The van der Waals surface area contributed by atoms with E-state index in [0.717, 1.165) is 5.57 Å². The van der Waals surface area contributed by atoms with Gasteiger partial charge in [0.1, 0.15) is 0 Å². The SMILES string of the molecule is C=Cc1c(C(=C)C)nc[nH]c1=O. The largest absolute Gasteiger partial charge is 0.313 e. The molecule has 1 rings (SSSR count). The minimum atomic E-state index is -0.182. The third-order valence-corrected chi connectivity index (χ3v) is 1.50. The number of aromatic nitrogens is 2. The number of allylic oxidation sites excluding steroid dienone is 1. The van der Waals surface area contributed by atoms with Gasteiger partial charge in [0.15, 0.2) is 0 Å². The number of hydrogen-bond acceptors (Lipinski definition) is 2. The molecule has 0 unspecified atom stereocenters. The maximum absolute atomic E-state index is 11.2. The molecule has 3 heteroatoms. The van der Waals surface area contributed by atoms with E-state index in [-0.39, 0.29) is 5.56 Å². The van der Waals surface area contributed by atoms with Crippen molar-refractivity contribution < 1.29 is 0 Å². The van der Waals surface area contributed by atoms with Crippen LogP contribution in [0, 0.1) is 0 Å². The summed E-state index contributed by atoms with van der Waals surface area (Å²) in [4.78, 5) is 17.6. The highest BCUT2D eigenvalue weighted by atomic mass is 16.1. The van der Waals surface area contributed by atoms with Crippen LogP contribution >= 0.6 is 0 Å². The van der Waals surface area contributed by atoms with Gasteiger partial charge in [0.25, 0.3) is 5.56 Å². The van der Waals surface area contributed by atoms with Crippen LogP contribution in [0.2, 0.25) is 0 Å². The summed E-state index contributed by atoms with van der Waals surface area (Å²) in [5.74, 6) is 0. The molecular formula is C9H10N2O. The van der Waals surface area contributed by atoms with Gasteiger partial charge in [-0.1, -0.05) is 19.2 Å². The molecule has 1 N–H and O–H groups in total. The second-order valence-electron chi connectivity index (χ2n) is 2.48. The van der Waals surface area contributed by atoms with Crippen molar-refractivity contribution in [2.24, 2.45) is 0 Å². The lowest BCUT2D eigenvalue weighted by Crippen LogP contribution is -2.12. The van der Waals surface area contributed by atoms with Crippen LogP contribution in [0.1, 0.15) is 18.2 Å². The third-order valence-electron chi connectivity index (χ3n) is 1.50. The van der Waals surface area contributed by atoms with E-state index < -0.39 is 0 Å². The fraction of sp³-hybridized carbons (Fsp3) is 0.111. The van der Waals surface area contributed by atoms with Crippen molar-refractivity contribution in [2.45, 2.75) is 6.92 Å². The summed E-state index contributed by atoms with van der Waals surface area (Å²) in [7, 11) is 0. The molecule has 62 valence electrons. The van der Waals surface area contributed by atoms with Gasteiger partial charge in [0, 0.05) is 0 Å². The van der Waals surface area contributed by atoms with E-state index in [0.29, 0.717) is 11.3 Å². The molecule has 0 atom stereocenters. The molecule has 0 aromatic carbocycles. The Morgan fingerprint density at radius 1 is 1.75 bits per heavy atom. The number of nitrogens with one attached hydrogen (secondary N) is 1. The fourth-order valence-electron chi connectivity index (χ4n) is 0.940. The van der Waals surface area contributed by atoms with E-state index in [1.807, 2.05) is 0 Å². The molecule has 12 heavy (non-hydrogen) atoms. The van der Waals surface area contributed by atoms with Gasteiger partial charge in [0.05, 0.1) is 17.6 Å². The standard InChI is InChI=1S/C9H10N2O/c1-4-7-8(6(2)3)10-5-11-9(7)12/h4-5H,1-2H2,3H3,(H,10,11,12). The van der Waals surface area contributed by atoms with Gasteiger partial charge < -0.3 is 4.98 Å². The number of nitrogens with zero attached hydrogens (tertiary/aromatic N) is 1. The topological polar surface area (TPSA) is 45.8 Å². The summed E-state index contributed by atoms with van der Waals surface area (Å²) >= 11 is 0. The van der Waals surface area contributed by atoms with Gasteiger partial charge in [-0.2, -0.15) is 0 Å². The van der Waals surface area contributed by atoms with Crippen LogP contribution in [0.15, 0.2) is 24.3 Å². The van der Waals surface area contributed by atoms with E-state index in [9.17, 15) is 4.79 Å². The smallest absolute Gasteiger partial charge is 0.258 e. The van der Waals surface area contributed by atoms with Crippen LogP contribution in [0.5, 0.6) is 0 Å². The van der Waals surface area contributed by atoms with E-state index in [1.54, 1.807) is 6.92 Å². The molecule has 3 nitrogen and oxygen atoms in total. The Kier molecular flexibility index (Phi) is 2.24. The Morgan fingerprint density at radius 2 is 2.42 bits per heavy atom.